The van der Waals surface area contributed by atoms with E-state index in [0.29, 0.717) is 26.3 Å². The highest BCUT2D eigenvalue weighted by Crippen LogP contribution is 1.99. The second kappa shape index (κ2) is 5.77. The summed E-state index contributed by atoms with van der Waals surface area (Å²) in [5.74, 6) is -0.155. The molecule has 1 aliphatic rings. The summed E-state index contributed by atoms with van der Waals surface area (Å²) in [5.41, 5.74) is 5.10. The van der Waals surface area contributed by atoms with Gasteiger partial charge < -0.3 is 15.4 Å². The molecule has 0 atom stereocenters. The van der Waals surface area contributed by atoms with E-state index in [1.54, 1.807) is 4.90 Å². The van der Waals surface area contributed by atoms with Crippen molar-refractivity contribution in [3.8, 4) is 0 Å². The minimum absolute atomic E-state index is 0. The summed E-state index contributed by atoms with van der Waals surface area (Å²) in [6, 6.07) is 0. The minimum Gasteiger partial charge on any atom is -0.387 e. The number of amidine groups is 1. The third-order valence-electron chi connectivity index (χ3n) is 1.71. The molecule has 1 heterocycles. The van der Waals surface area contributed by atoms with Gasteiger partial charge in [0.15, 0.2) is 0 Å². The Labute approximate surface area is 83.1 Å². The van der Waals surface area contributed by atoms with Crippen LogP contribution in [0, 0.1) is 5.41 Å². The minimum atomic E-state index is -0.0780. The van der Waals surface area contributed by atoms with Crippen molar-refractivity contribution in [2.24, 2.45) is 5.73 Å². The lowest BCUT2D eigenvalue weighted by atomic mass is 10.3. The quantitative estimate of drug-likeness (QED) is 0.478. The van der Waals surface area contributed by atoms with Crippen molar-refractivity contribution in [3.63, 3.8) is 0 Å². The van der Waals surface area contributed by atoms with Gasteiger partial charge in [0.05, 0.1) is 25.5 Å². The molecule has 0 aromatic rings. The first-order valence-corrected chi connectivity index (χ1v) is 3.88. The van der Waals surface area contributed by atoms with Crippen LogP contribution in [-0.4, -0.2) is 42.9 Å². The number of carbonyl (C=O) groups is 1. The molecule has 5 nitrogen and oxygen atoms in total. The molecule has 0 unspecified atom stereocenters. The average Bonchev–Trinajstić information content (AvgIpc) is 2.05. The van der Waals surface area contributed by atoms with E-state index in [9.17, 15) is 4.79 Å². The molecule has 0 saturated carbocycles. The summed E-state index contributed by atoms with van der Waals surface area (Å²) in [6.45, 7) is 2.41. The second-order valence-corrected chi connectivity index (χ2v) is 2.70. The van der Waals surface area contributed by atoms with Gasteiger partial charge in [0.25, 0.3) is 0 Å². The first-order chi connectivity index (χ1) is 5.70. The number of nitrogens with zero attached hydrogens (tertiary/aromatic N) is 1. The van der Waals surface area contributed by atoms with E-state index in [-0.39, 0.29) is 30.6 Å². The molecular formula is C7H14ClN3O2. The third-order valence-corrected chi connectivity index (χ3v) is 1.71. The maximum Gasteiger partial charge on any atom is 0.230 e. The Morgan fingerprint density at radius 3 is 2.46 bits per heavy atom. The Bertz CT molecular complexity index is 192. The number of hydrogen-bond acceptors (Lipinski definition) is 3. The highest BCUT2D eigenvalue weighted by molar-refractivity contribution is 5.97. The van der Waals surface area contributed by atoms with Gasteiger partial charge in [-0.1, -0.05) is 0 Å². The number of halogens is 1. The summed E-state index contributed by atoms with van der Waals surface area (Å²) in [7, 11) is 0. The number of rotatable bonds is 2. The molecule has 0 aromatic carbocycles. The van der Waals surface area contributed by atoms with E-state index >= 15 is 0 Å². The van der Waals surface area contributed by atoms with Crippen molar-refractivity contribution in [3.05, 3.63) is 0 Å². The van der Waals surface area contributed by atoms with Gasteiger partial charge in [0.2, 0.25) is 5.91 Å². The smallest absolute Gasteiger partial charge is 0.230 e. The van der Waals surface area contributed by atoms with Crippen molar-refractivity contribution < 1.29 is 9.53 Å². The molecule has 1 amide bonds. The SMILES string of the molecule is Cl.N=C(N)CC(=O)N1CCOCC1. The fourth-order valence-corrected chi connectivity index (χ4v) is 1.09. The Hall–Kier alpha value is -0.810. The zero-order chi connectivity index (χ0) is 8.97. The highest BCUT2D eigenvalue weighted by Gasteiger charge is 2.16. The molecule has 1 saturated heterocycles. The van der Waals surface area contributed by atoms with Gasteiger partial charge in [-0.2, -0.15) is 0 Å². The van der Waals surface area contributed by atoms with Crippen molar-refractivity contribution in [1.82, 2.24) is 4.90 Å². The average molecular weight is 208 g/mol. The van der Waals surface area contributed by atoms with Gasteiger partial charge in [-0.25, -0.2) is 0 Å². The molecule has 6 heteroatoms. The molecule has 1 rings (SSSR count). The number of ether oxygens (including phenoxy) is 1. The van der Waals surface area contributed by atoms with Crippen molar-refractivity contribution >= 4 is 24.1 Å². The van der Waals surface area contributed by atoms with Crippen LogP contribution in [0.4, 0.5) is 0 Å². The first-order valence-electron chi connectivity index (χ1n) is 3.88. The van der Waals surface area contributed by atoms with E-state index in [1.807, 2.05) is 0 Å². The molecule has 13 heavy (non-hydrogen) atoms. The number of nitrogens with one attached hydrogen (secondary N) is 1. The van der Waals surface area contributed by atoms with Crippen LogP contribution in [0.1, 0.15) is 6.42 Å². The summed E-state index contributed by atoms with van der Waals surface area (Å²) in [5, 5.41) is 6.94. The van der Waals surface area contributed by atoms with Gasteiger partial charge in [0, 0.05) is 13.1 Å². The molecule has 0 spiro atoms. The number of nitrogens with two attached hydrogens (primary N) is 1. The monoisotopic (exact) mass is 207 g/mol. The topological polar surface area (TPSA) is 79.4 Å². The third kappa shape index (κ3) is 4.10. The normalized spacial score (nSPS) is 16.2. The Balaban J connectivity index is 0.00000144. The van der Waals surface area contributed by atoms with E-state index < -0.39 is 0 Å². The Morgan fingerprint density at radius 2 is 2.00 bits per heavy atom. The Kier molecular flexibility index (Phi) is 5.41. The number of amides is 1. The highest BCUT2D eigenvalue weighted by atomic mass is 35.5. The van der Waals surface area contributed by atoms with Crippen LogP contribution in [0.3, 0.4) is 0 Å². The predicted molar refractivity (Wildman–Crippen MR) is 51.2 cm³/mol. The van der Waals surface area contributed by atoms with Crippen LogP contribution in [0.15, 0.2) is 0 Å². The molecule has 0 aliphatic carbocycles. The zero-order valence-corrected chi connectivity index (χ0v) is 8.10. The Morgan fingerprint density at radius 1 is 1.46 bits per heavy atom. The summed E-state index contributed by atoms with van der Waals surface area (Å²) < 4.78 is 5.08. The van der Waals surface area contributed by atoms with Crippen LogP contribution >= 0.6 is 12.4 Å². The van der Waals surface area contributed by atoms with Crippen LogP contribution in [0.25, 0.3) is 0 Å². The standard InChI is InChI=1S/C7H13N3O2.ClH/c8-6(9)5-7(11)10-1-3-12-4-2-10;/h1-5H2,(H3,8,9);1H. The van der Waals surface area contributed by atoms with Gasteiger partial charge >= 0.3 is 0 Å². The molecule has 1 aliphatic heterocycles. The summed E-state index contributed by atoms with van der Waals surface area (Å²) in [4.78, 5) is 12.9. The maximum absolute atomic E-state index is 11.3. The van der Waals surface area contributed by atoms with Crippen LogP contribution in [0.5, 0.6) is 0 Å². The molecule has 0 aromatic heterocycles. The van der Waals surface area contributed by atoms with Gasteiger partial charge in [-0.15, -0.1) is 12.4 Å². The molecule has 3 N–H and O–H groups in total. The predicted octanol–water partition coefficient (Wildman–Crippen LogP) is -0.407. The second-order valence-electron chi connectivity index (χ2n) is 2.70. The van der Waals surface area contributed by atoms with Crippen molar-refractivity contribution in [2.75, 3.05) is 26.3 Å². The van der Waals surface area contributed by atoms with Crippen LogP contribution in [-0.2, 0) is 9.53 Å². The van der Waals surface area contributed by atoms with Gasteiger partial charge in [-0.05, 0) is 0 Å². The molecular weight excluding hydrogens is 194 g/mol. The molecule has 1 fully saturated rings. The lowest BCUT2D eigenvalue weighted by Gasteiger charge is -2.26. The van der Waals surface area contributed by atoms with E-state index in [4.69, 9.17) is 15.9 Å². The van der Waals surface area contributed by atoms with Gasteiger partial charge in [0.1, 0.15) is 0 Å². The molecule has 0 bridgehead atoms. The van der Waals surface area contributed by atoms with Crippen LogP contribution < -0.4 is 5.73 Å². The fourth-order valence-electron chi connectivity index (χ4n) is 1.09. The van der Waals surface area contributed by atoms with Gasteiger partial charge in [-0.3, -0.25) is 10.2 Å². The van der Waals surface area contributed by atoms with Crippen molar-refractivity contribution in [1.29, 1.82) is 5.41 Å². The maximum atomic E-state index is 11.3. The largest absolute Gasteiger partial charge is 0.387 e. The van der Waals surface area contributed by atoms with Crippen LogP contribution in [0.2, 0.25) is 0 Å². The van der Waals surface area contributed by atoms with Crippen molar-refractivity contribution in [2.45, 2.75) is 6.42 Å². The number of carbonyl (C=O) groups excluding carboxylic acids is 1. The molecule has 76 valence electrons. The summed E-state index contributed by atoms with van der Waals surface area (Å²) in [6.07, 6.45) is 0.0278. The number of morpholine rings is 1. The zero-order valence-electron chi connectivity index (χ0n) is 7.28. The van der Waals surface area contributed by atoms with E-state index in [2.05, 4.69) is 0 Å². The van der Waals surface area contributed by atoms with E-state index in [1.165, 1.54) is 0 Å². The first kappa shape index (κ1) is 12.2. The lowest BCUT2D eigenvalue weighted by Crippen LogP contribution is -2.42. The summed E-state index contributed by atoms with van der Waals surface area (Å²) >= 11 is 0. The van der Waals surface area contributed by atoms with E-state index in [0.717, 1.165) is 0 Å². The number of hydrogen-bond donors (Lipinski definition) is 2. The molecule has 0 radical (unpaired) electrons. The fraction of sp³-hybridized carbons (Fsp3) is 0.714. The lowest BCUT2D eigenvalue weighted by molar-refractivity contribution is -0.133.